The highest BCUT2D eigenvalue weighted by molar-refractivity contribution is 5.98. The van der Waals surface area contributed by atoms with Gasteiger partial charge in [-0.1, -0.05) is 30.3 Å². The average molecular weight is 386 g/mol. The van der Waals surface area contributed by atoms with Gasteiger partial charge in [0.05, 0.1) is 17.2 Å². The first-order valence-electron chi connectivity index (χ1n) is 8.21. The Morgan fingerprint density at radius 3 is 2.50 bits per heavy atom. The van der Waals surface area contributed by atoms with Crippen molar-refractivity contribution in [1.29, 1.82) is 0 Å². The molecule has 1 amide bonds. The number of aromatic amines is 1. The lowest BCUT2D eigenvalue weighted by Gasteiger charge is -2.20. The minimum atomic E-state index is -4.80. The van der Waals surface area contributed by atoms with Crippen LogP contribution in [0.25, 0.3) is 27.9 Å². The van der Waals surface area contributed by atoms with Gasteiger partial charge in [0.1, 0.15) is 11.3 Å². The van der Waals surface area contributed by atoms with E-state index >= 15 is 0 Å². The van der Waals surface area contributed by atoms with Crippen LogP contribution in [0.4, 0.5) is 13.2 Å². The SMILES string of the molecule is CN(C(=O)c1ccc2[nH]c(=O)c3cnc(-c4ccccc4)n3c2c1)C(F)(F)F. The van der Waals surface area contributed by atoms with Gasteiger partial charge in [-0.05, 0) is 18.2 Å². The van der Waals surface area contributed by atoms with Gasteiger partial charge < -0.3 is 4.98 Å². The summed E-state index contributed by atoms with van der Waals surface area (Å²) >= 11 is 0. The largest absolute Gasteiger partial charge is 0.487 e. The van der Waals surface area contributed by atoms with Crippen LogP contribution in [-0.4, -0.2) is 38.5 Å². The van der Waals surface area contributed by atoms with Crippen molar-refractivity contribution in [3.8, 4) is 11.4 Å². The molecule has 0 radical (unpaired) electrons. The van der Waals surface area contributed by atoms with Crippen LogP contribution in [0.3, 0.4) is 0 Å². The second-order valence-electron chi connectivity index (χ2n) is 6.19. The Balaban J connectivity index is 1.99. The third-order valence-electron chi connectivity index (χ3n) is 4.45. The third kappa shape index (κ3) is 2.81. The van der Waals surface area contributed by atoms with E-state index in [-0.39, 0.29) is 16.0 Å². The maximum atomic E-state index is 12.9. The number of amides is 1. The van der Waals surface area contributed by atoms with E-state index < -0.39 is 17.8 Å². The van der Waals surface area contributed by atoms with Crippen molar-refractivity contribution in [3.05, 3.63) is 70.6 Å². The number of imidazole rings is 1. The van der Waals surface area contributed by atoms with Gasteiger partial charge in [-0.25, -0.2) is 4.98 Å². The van der Waals surface area contributed by atoms with E-state index in [0.29, 0.717) is 23.9 Å². The zero-order valence-corrected chi connectivity index (χ0v) is 14.5. The fourth-order valence-corrected chi connectivity index (χ4v) is 3.00. The first-order valence-corrected chi connectivity index (χ1v) is 8.21. The average Bonchev–Trinajstić information content (AvgIpc) is 3.13. The lowest BCUT2D eigenvalue weighted by atomic mass is 10.1. The van der Waals surface area contributed by atoms with Gasteiger partial charge in [0.2, 0.25) is 0 Å². The number of nitrogens with one attached hydrogen (secondary N) is 1. The summed E-state index contributed by atoms with van der Waals surface area (Å²) in [4.78, 5) is 31.3. The molecule has 28 heavy (non-hydrogen) atoms. The van der Waals surface area contributed by atoms with Gasteiger partial charge in [-0.15, -0.1) is 13.2 Å². The minimum Gasteiger partial charge on any atom is -0.319 e. The molecule has 0 aliphatic rings. The maximum absolute atomic E-state index is 12.9. The highest BCUT2D eigenvalue weighted by atomic mass is 19.4. The molecule has 0 bridgehead atoms. The quantitative estimate of drug-likeness (QED) is 0.537. The van der Waals surface area contributed by atoms with Crippen molar-refractivity contribution in [2.45, 2.75) is 6.30 Å². The number of hydrogen-bond donors (Lipinski definition) is 1. The molecule has 0 aliphatic carbocycles. The predicted octanol–water partition coefficient (Wildman–Crippen LogP) is 3.43. The number of carbonyl (C=O) groups excluding carboxylic acids is 1. The highest BCUT2D eigenvalue weighted by Gasteiger charge is 2.38. The molecule has 9 heteroatoms. The van der Waals surface area contributed by atoms with Gasteiger partial charge in [0, 0.05) is 18.2 Å². The monoisotopic (exact) mass is 386 g/mol. The number of nitrogens with zero attached hydrogens (tertiary/aromatic N) is 3. The Labute approximate surface area is 155 Å². The molecule has 4 aromatic rings. The van der Waals surface area contributed by atoms with Gasteiger partial charge in [-0.3, -0.25) is 18.9 Å². The van der Waals surface area contributed by atoms with Crippen molar-refractivity contribution >= 4 is 22.5 Å². The Morgan fingerprint density at radius 2 is 1.82 bits per heavy atom. The van der Waals surface area contributed by atoms with E-state index in [2.05, 4.69) is 9.97 Å². The molecular formula is C19H13F3N4O2. The van der Waals surface area contributed by atoms with E-state index in [9.17, 15) is 22.8 Å². The van der Waals surface area contributed by atoms with Crippen LogP contribution >= 0.6 is 0 Å². The molecule has 0 fully saturated rings. The number of fused-ring (bicyclic) bond motifs is 3. The number of aromatic nitrogens is 3. The molecule has 2 heterocycles. The lowest BCUT2D eigenvalue weighted by molar-refractivity contribution is -0.216. The van der Waals surface area contributed by atoms with E-state index in [0.717, 1.165) is 5.56 Å². The smallest absolute Gasteiger partial charge is 0.319 e. The molecule has 0 spiro atoms. The second kappa shape index (κ2) is 6.22. The van der Waals surface area contributed by atoms with Crippen LogP contribution in [0.15, 0.2) is 59.5 Å². The van der Waals surface area contributed by atoms with Crippen LogP contribution in [0.1, 0.15) is 10.4 Å². The molecule has 2 aromatic heterocycles. The fraction of sp³-hybridized carbons (Fsp3) is 0.105. The molecule has 0 atom stereocenters. The molecule has 1 N–H and O–H groups in total. The van der Waals surface area contributed by atoms with Crippen molar-refractivity contribution in [2.75, 3.05) is 7.05 Å². The van der Waals surface area contributed by atoms with Crippen LogP contribution in [0, 0.1) is 0 Å². The zero-order valence-electron chi connectivity index (χ0n) is 14.5. The van der Waals surface area contributed by atoms with Gasteiger partial charge in [0.15, 0.2) is 0 Å². The molecule has 0 saturated carbocycles. The van der Waals surface area contributed by atoms with Crippen molar-refractivity contribution < 1.29 is 18.0 Å². The summed E-state index contributed by atoms with van der Waals surface area (Å²) in [5, 5.41) is 0. The Hall–Kier alpha value is -3.62. The Bertz CT molecular complexity index is 1260. The summed E-state index contributed by atoms with van der Waals surface area (Å²) in [6, 6.07) is 13.0. The molecule has 4 rings (SSSR count). The summed E-state index contributed by atoms with van der Waals surface area (Å²) < 4.78 is 40.2. The van der Waals surface area contributed by atoms with Crippen LogP contribution < -0.4 is 5.56 Å². The number of halogens is 3. The fourth-order valence-electron chi connectivity index (χ4n) is 3.00. The van der Waals surface area contributed by atoms with Crippen LogP contribution in [-0.2, 0) is 0 Å². The topological polar surface area (TPSA) is 70.5 Å². The predicted molar refractivity (Wildman–Crippen MR) is 96.9 cm³/mol. The normalized spacial score (nSPS) is 11.9. The summed E-state index contributed by atoms with van der Waals surface area (Å²) in [5.74, 6) is -0.754. The lowest BCUT2D eigenvalue weighted by Crippen LogP contribution is -2.39. The number of H-pyrrole nitrogens is 1. The summed E-state index contributed by atoms with van der Waals surface area (Å²) in [5.41, 5.74) is 1.13. The third-order valence-corrected chi connectivity index (χ3v) is 4.45. The molecule has 0 aliphatic heterocycles. The Morgan fingerprint density at radius 1 is 1.11 bits per heavy atom. The number of rotatable bonds is 2. The zero-order chi connectivity index (χ0) is 20.1. The first kappa shape index (κ1) is 17.8. The minimum absolute atomic E-state index is 0.159. The van der Waals surface area contributed by atoms with Gasteiger partial charge in [-0.2, -0.15) is 0 Å². The first-order chi connectivity index (χ1) is 13.3. The molecule has 6 nitrogen and oxygen atoms in total. The van der Waals surface area contributed by atoms with E-state index in [1.54, 1.807) is 24.3 Å². The number of hydrogen-bond acceptors (Lipinski definition) is 3. The molecule has 2 aromatic carbocycles. The standard InChI is InChI=1S/C19H13F3N4O2/c1-25(19(20,21)22)18(28)12-7-8-13-14(9-12)26-15(17(27)24-13)10-23-16(26)11-5-3-2-4-6-11/h2-10H,1H3,(H,24,27). The van der Waals surface area contributed by atoms with Crippen LogP contribution in [0.5, 0.6) is 0 Å². The van der Waals surface area contributed by atoms with Gasteiger partial charge >= 0.3 is 6.30 Å². The number of benzene rings is 2. The molecule has 0 unspecified atom stereocenters. The summed E-state index contributed by atoms with van der Waals surface area (Å²) in [7, 11) is 0.668. The molecular weight excluding hydrogens is 373 g/mol. The van der Waals surface area contributed by atoms with E-state index in [4.69, 9.17) is 0 Å². The maximum Gasteiger partial charge on any atom is 0.487 e. The van der Waals surface area contributed by atoms with E-state index in [1.165, 1.54) is 28.8 Å². The summed E-state index contributed by atoms with van der Waals surface area (Å²) in [6.07, 6.45) is -3.41. The molecule has 0 saturated heterocycles. The van der Waals surface area contributed by atoms with E-state index in [1.807, 2.05) is 6.07 Å². The van der Waals surface area contributed by atoms with Crippen molar-refractivity contribution in [3.63, 3.8) is 0 Å². The molecule has 142 valence electrons. The Kier molecular flexibility index (Phi) is 3.95. The number of carbonyl (C=O) groups is 1. The van der Waals surface area contributed by atoms with Crippen molar-refractivity contribution in [2.24, 2.45) is 0 Å². The summed E-state index contributed by atoms with van der Waals surface area (Å²) in [6.45, 7) is 0. The number of alkyl halides is 3. The second-order valence-corrected chi connectivity index (χ2v) is 6.19. The van der Waals surface area contributed by atoms with Gasteiger partial charge in [0.25, 0.3) is 11.5 Å². The van der Waals surface area contributed by atoms with Crippen molar-refractivity contribution in [1.82, 2.24) is 19.3 Å². The van der Waals surface area contributed by atoms with Crippen LogP contribution in [0.2, 0.25) is 0 Å². The highest BCUT2D eigenvalue weighted by Crippen LogP contribution is 2.25.